The van der Waals surface area contributed by atoms with Gasteiger partial charge in [-0.2, -0.15) is 0 Å². The fraction of sp³-hybridized carbons (Fsp3) is 0.462. The SMILES string of the molecule is Cc1cc(C)cc(N(CC(=O)N(Cc2ccccc2C)[C@H](C)C(=O)NCC(C)C)S(C)(=O)=O)c1. The van der Waals surface area contributed by atoms with Crippen molar-refractivity contribution >= 4 is 27.5 Å². The summed E-state index contributed by atoms with van der Waals surface area (Å²) in [7, 11) is -3.74. The predicted molar refractivity (Wildman–Crippen MR) is 137 cm³/mol. The van der Waals surface area contributed by atoms with Crippen molar-refractivity contribution in [3.05, 3.63) is 64.7 Å². The second kappa shape index (κ2) is 11.5. The van der Waals surface area contributed by atoms with Crippen LogP contribution in [-0.2, 0) is 26.2 Å². The quantitative estimate of drug-likeness (QED) is 0.555. The van der Waals surface area contributed by atoms with Crippen LogP contribution in [0.15, 0.2) is 42.5 Å². The number of nitrogens with zero attached hydrogens (tertiary/aromatic N) is 2. The Morgan fingerprint density at radius 1 is 0.971 bits per heavy atom. The first-order valence-electron chi connectivity index (χ1n) is 11.5. The summed E-state index contributed by atoms with van der Waals surface area (Å²) in [6, 6.07) is 12.3. The average molecular weight is 488 g/mol. The molecule has 2 rings (SSSR count). The highest BCUT2D eigenvalue weighted by molar-refractivity contribution is 7.92. The number of aryl methyl sites for hydroxylation is 3. The van der Waals surface area contributed by atoms with Crippen LogP contribution in [0.1, 0.15) is 43.0 Å². The highest BCUT2D eigenvalue weighted by atomic mass is 32.2. The lowest BCUT2D eigenvalue weighted by Crippen LogP contribution is -2.51. The zero-order chi connectivity index (χ0) is 25.6. The van der Waals surface area contributed by atoms with Gasteiger partial charge in [0.25, 0.3) is 0 Å². The number of sulfonamides is 1. The highest BCUT2D eigenvalue weighted by Gasteiger charge is 2.30. The third-order valence-electron chi connectivity index (χ3n) is 5.63. The van der Waals surface area contributed by atoms with Crippen LogP contribution in [0, 0.1) is 26.7 Å². The highest BCUT2D eigenvalue weighted by Crippen LogP contribution is 2.22. The molecule has 1 N–H and O–H groups in total. The molecule has 0 aliphatic heterocycles. The van der Waals surface area contributed by atoms with E-state index in [1.54, 1.807) is 19.1 Å². The Hall–Kier alpha value is -2.87. The number of anilines is 1. The van der Waals surface area contributed by atoms with E-state index in [-0.39, 0.29) is 18.4 Å². The Morgan fingerprint density at radius 2 is 1.56 bits per heavy atom. The Kier molecular flexibility index (Phi) is 9.27. The van der Waals surface area contributed by atoms with Crippen molar-refractivity contribution < 1.29 is 18.0 Å². The molecule has 2 aromatic rings. The second-order valence-electron chi connectivity index (χ2n) is 9.38. The molecule has 0 aliphatic rings. The molecule has 0 heterocycles. The third-order valence-corrected chi connectivity index (χ3v) is 6.77. The molecule has 34 heavy (non-hydrogen) atoms. The molecule has 0 aromatic heterocycles. The molecule has 7 nitrogen and oxygen atoms in total. The Morgan fingerprint density at radius 3 is 2.09 bits per heavy atom. The van der Waals surface area contributed by atoms with Gasteiger partial charge >= 0.3 is 0 Å². The number of benzene rings is 2. The molecule has 0 spiro atoms. The number of hydrogen-bond acceptors (Lipinski definition) is 4. The van der Waals surface area contributed by atoms with Gasteiger partial charge in [-0.25, -0.2) is 8.42 Å². The van der Waals surface area contributed by atoms with Gasteiger partial charge in [0, 0.05) is 13.1 Å². The lowest BCUT2D eigenvalue weighted by molar-refractivity contribution is -0.139. The lowest BCUT2D eigenvalue weighted by Gasteiger charge is -2.32. The fourth-order valence-electron chi connectivity index (χ4n) is 3.71. The minimum Gasteiger partial charge on any atom is -0.354 e. The van der Waals surface area contributed by atoms with Crippen LogP contribution < -0.4 is 9.62 Å². The first-order valence-corrected chi connectivity index (χ1v) is 13.3. The molecular weight excluding hydrogens is 450 g/mol. The van der Waals surface area contributed by atoms with Gasteiger partial charge in [0.1, 0.15) is 12.6 Å². The van der Waals surface area contributed by atoms with Crippen LogP contribution >= 0.6 is 0 Å². The summed E-state index contributed by atoms with van der Waals surface area (Å²) in [5.41, 5.74) is 4.12. The van der Waals surface area contributed by atoms with Crippen molar-refractivity contribution in [2.45, 2.75) is 54.1 Å². The van der Waals surface area contributed by atoms with Crippen molar-refractivity contribution in [3.63, 3.8) is 0 Å². The number of amides is 2. The second-order valence-corrected chi connectivity index (χ2v) is 11.3. The molecule has 0 aliphatic carbocycles. The van der Waals surface area contributed by atoms with Gasteiger partial charge in [-0.3, -0.25) is 13.9 Å². The summed E-state index contributed by atoms with van der Waals surface area (Å²) in [6.45, 7) is 11.7. The topological polar surface area (TPSA) is 86.8 Å². The standard InChI is InChI=1S/C26H37N3O4S/c1-18(2)15-27-26(31)22(6)28(16-23-11-9-8-10-21(23)5)25(30)17-29(34(7,32)33)24-13-19(3)12-20(4)14-24/h8-14,18,22H,15-17H2,1-7H3,(H,27,31)/t22-/m1/s1. The predicted octanol–water partition coefficient (Wildman–Crippen LogP) is 3.57. The van der Waals surface area contributed by atoms with E-state index in [0.717, 1.165) is 32.8 Å². The van der Waals surface area contributed by atoms with E-state index in [4.69, 9.17) is 0 Å². The van der Waals surface area contributed by atoms with Gasteiger partial charge in [-0.15, -0.1) is 0 Å². The number of nitrogens with one attached hydrogen (secondary N) is 1. The molecule has 0 bridgehead atoms. The van der Waals surface area contributed by atoms with Crippen LogP contribution in [-0.4, -0.2) is 50.5 Å². The minimum atomic E-state index is -3.74. The lowest BCUT2D eigenvalue weighted by atomic mass is 10.1. The zero-order valence-corrected chi connectivity index (χ0v) is 22.1. The molecule has 0 saturated carbocycles. The summed E-state index contributed by atoms with van der Waals surface area (Å²) >= 11 is 0. The molecule has 8 heteroatoms. The number of hydrogen-bond donors (Lipinski definition) is 1. The van der Waals surface area contributed by atoms with Gasteiger partial charge in [0.05, 0.1) is 11.9 Å². The summed E-state index contributed by atoms with van der Waals surface area (Å²) in [5.74, 6) is -0.449. The van der Waals surface area contributed by atoms with E-state index >= 15 is 0 Å². The Bertz CT molecular complexity index is 1110. The van der Waals surface area contributed by atoms with E-state index in [2.05, 4.69) is 5.32 Å². The van der Waals surface area contributed by atoms with E-state index < -0.39 is 28.5 Å². The maximum absolute atomic E-state index is 13.6. The molecule has 0 unspecified atom stereocenters. The number of rotatable bonds is 10. The van der Waals surface area contributed by atoms with Gasteiger partial charge in [0.15, 0.2) is 0 Å². The normalized spacial score (nSPS) is 12.4. The maximum atomic E-state index is 13.6. The van der Waals surface area contributed by atoms with Gasteiger partial charge in [-0.1, -0.05) is 44.2 Å². The Labute approximate surface area is 204 Å². The van der Waals surface area contributed by atoms with Crippen molar-refractivity contribution in [2.75, 3.05) is 23.7 Å². The molecule has 0 saturated heterocycles. The van der Waals surface area contributed by atoms with Crippen LogP contribution in [0.25, 0.3) is 0 Å². The molecule has 0 radical (unpaired) electrons. The van der Waals surface area contributed by atoms with Crippen molar-refractivity contribution in [1.82, 2.24) is 10.2 Å². The van der Waals surface area contributed by atoms with Crippen LogP contribution in [0.3, 0.4) is 0 Å². The van der Waals surface area contributed by atoms with Crippen LogP contribution in [0.4, 0.5) is 5.69 Å². The zero-order valence-electron chi connectivity index (χ0n) is 21.3. The van der Waals surface area contributed by atoms with E-state index in [9.17, 15) is 18.0 Å². The fourth-order valence-corrected chi connectivity index (χ4v) is 4.55. The smallest absolute Gasteiger partial charge is 0.244 e. The molecule has 2 aromatic carbocycles. The summed E-state index contributed by atoms with van der Waals surface area (Å²) in [5, 5.41) is 2.88. The summed E-state index contributed by atoms with van der Waals surface area (Å²) in [4.78, 5) is 27.9. The number of carbonyl (C=O) groups excluding carboxylic acids is 2. The molecule has 2 amide bonds. The van der Waals surface area contributed by atoms with Gasteiger partial charge < -0.3 is 10.2 Å². The molecule has 1 atom stereocenters. The first kappa shape index (κ1) is 27.4. The Balaban J connectivity index is 2.41. The summed E-state index contributed by atoms with van der Waals surface area (Å²) < 4.78 is 26.5. The van der Waals surface area contributed by atoms with E-state index in [1.165, 1.54) is 4.90 Å². The van der Waals surface area contributed by atoms with Crippen molar-refractivity contribution in [2.24, 2.45) is 5.92 Å². The van der Waals surface area contributed by atoms with E-state index in [1.807, 2.05) is 65.0 Å². The van der Waals surface area contributed by atoms with Crippen LogP contribution in [0.2, 0.25) is 0 Å². The largest absolute Gasteiger partial charge is 0.354 e. The van der Waals surface area contributed by atoms with Crippen molar-refractivity contribution in [3.8, 4) is 0 Å². The summed E-state index contributed by atoms with van der Waals surface area (Å²) in [6.07, 6.45) is 1.09. The minimum absolute atomic E-state index is 0.201. The molecule has 0 fully saturated rings. The monoisotopic (exact) mass is 487 g/mol. The van der Waals surface area contributed by atoms with Crippen LogP contribution in [0.5, 0.6) is 0 Å². The van der Waals surface area contributed by atoms with Crippen molar-refractivity contribution in [1.29, 1.82) is 0 Å². The van der Waals surface area contributed by atoms with E-state index in [0.29, 0.717) is 12.2 Å². The molecular formula is C26H37N3O4S. The molecule has 186 valence electrons. The first-order chi connectivity index (χ1) is 15.8. The maximum Gasteiger partial charge on any atom is 0.244 e. The average Bonchev–Trinajstić information content (AvgIpc) is 2.73. The third kappa shape index (κ3) is 7.58. The van der Waals surface area contributed by atoms with Gasteiger partial charge in [0.2, 0.25) is 21.8 Å². The number of carbonyl (C=O) groups is 2. The van der Waals surface area contributed by atoms with Gasteiger partial charge in [-0.05, 0) is 68.0 Å².